The van der Waals surface area contributed by atoms with Crippen LogP contribution in [0.4, 0.5) is 0 Å². The van der Waals surface area contributed by atoms with E-state index in [4.69, 9.17) is 4.74 Å². The molecule has 5 heteroatoms. The van der Waals surface area contributed by atoms with Gasteiger partial charge in [0.2, 0.25) is 0 Å². The Labute approximate surface area is 119 Å². The van der Waals surface area contributed by atoms with Crippen LogP contribution < -0.4 is 0 Å². The Morgan fingerprint density at radius 3 is 2.40 bits per heavy atom. The highest BCUT2D eigenvalue weighted by molar-refractivity contribution is 5.72. The first kappa shape index (κ1) is 16.1. The highest BCUT2D eigenvalue weighted by Gasteiger charge is 2.17. The van der Waals surface area contributed by atoms with E-state index >= 15 is 0 Å². The van der Waals surface area contributed by atoms with Gasteiger partial charge in [-0.2, -0.15) is 0 Å². The van der Waals surface area contributed by atoms with Crippen molar-refractivity contribution in [3.8, 4) is 0 Å². The van der Waals surface area contributed by atoms with Crippen molar-refractivity contribution in [1.29, 1.82) is 0 Å². The molecule has 0 aliphatic rings. The maximum Gasteiger partial charge on any atom is 0.312 e. The van der Waals surface area contributed by atoms with Crippen LogP contribution in [0.15, 0.2) is 18.2 Å². The van der Waals surface area contributed by atoms with Gasteiger partial charge in [0.25, 0.3) is 0 Å². The summed E-state index contributed by atoms with van der Waals surface area (Å²) in [4.78, 5) is 27.1. The predicted molar refractivity (Wildman–Crippen MR) is 74.1 cm³/mol. The molecule has 0 aliphatic carbocycles. The molecule has 1 heterocycles. The Hall–Kier alpha value is -1.91. The van der Waals surface area contributed by atoms with E-state index in [0.29, 0.717) is 12.1 Å². The van der Waals surface area contributed by atoms with Crippen molar-refractivity contribution in [2.24, 2.45) is 0 Å². The van der Waals surface area contributed by atoms with Crippen molar-refractivity contribution in [3.05, 3.63) is 29.6 Å². The van der Waals surface area contributed by atoms with Crippen LogP contribution in [0.3, 0.4) is 0 Å². The Morgan fingerprint density at radius 2 is 1.80 bits per heavy atom. The number of carbonyl (C=O) groups is 2. The molecule has 0 N–H and O–H groups in total. The van der Waals surface area contributed by atoms with Gasteiger partial charge in [-0.1, -0.05) is 6.07 Å². The topological polar surface area (TPSA) is 65.5 Å². The van der Waals surface area contributed by atoms with Crippen LogP contribution in [0.5, 0.6) is 0 Å². The van der Waals surface area contributed by atoms with Gasteiger partial charge in [-0.3, -0.25) is 14.6 Å². The number of rotatable bonds is 5. The van der Waals surface area contributed by atoms with E-state index in [1.807, 2.05) is 32.9 Å². The lowest BCUT2D eigenvalue weighted by atomic mass is 10.1. The molecule has 0 amide bonds. The monoisotopic (exact) mass is 279 g/mol. The molecular weight excluding hydrogens is 258 g/mol. The highest BCUT2D eigenvalue weighted by atomic mass is 16.6. The SMILES string of the molecule is COC(=O)CCc1cccc(CC(=O)OC(C)(C)C)n1. The minimum absolute atomic E-state index is 0.128. The number of aromatic nitrogens is 1. The number of aryl methyl sites for hydroxylation is 1. The highest BCUT2D eigenvalue weighted by Crippen LogP contribution is 2.10. The summed E-state index contributed by atoms with van der Waals surface area (Å²) in [7, 11) is 1.36. The van der Waals surface area contributed by atoms with Crippen molar-refractivity contribution < 1.29 is 19.1 Å². The van der Waals surface area contributed by atoms with Gasteiger partial charge >= 0.3 is 11.9 Å². The quantitative estimate of drug-likeness (QED) is 0.772. The smallest absolute Gasteiger partial charge is 0.312 e. The summed E-state index contributed by atoms with van der Waals surface area (Å²) in [5, 5.41) is 0. The third kappa shape index (κ3) is 6.31. The van der Waals surface area contributed by atoms with Gasteiger partial charge in [-0.05, 0) is 32.9 Å². The fourth-order valence-electron chi connectivity index (χ4n) is 1.62. The summed E-state index contributed by atoms with van der Waals surface area (Å²) in [5.41, 5.74) is 0.901. The first-order chi connectivity index (χ1) is 9.30. The Balaban J connectivity index is 2.59. The van der Waals surface area contributed by atoms with Crippen LogP contribution in [0.2, 0.25) is 0 Å². The molecule has 0 bridgehead atoms. The first-order valence-corrected chi connectivity index (χ1v) is 6.53. The van der Waals surface area contributed by atoms with Crippen molar-refractivity contribution in [2.45, 2.75) is 45.6 Å². The van der Waals surface area contributed by atoms with Gasteiger partial charge in [0, 0.05) is 12.1 Å². The molecule has 0 atom stereocenters. The number of ether oxygens (including phenoxy) is 2. The van der Waals surface area contributed by atoms with Crippen LogP contribution in [0.25, 0.3) is 0 Å². The number of esters is 2. The lowest BCUT2D eigenvalue weighted by molar-refractivity contribution is -0.154. The van der Waals surface area contributed by atoms with Crippen LogP contribution in [0.1, 0.15) is 38.6 Å². The summed E-state index contributed by atoms with van der Waals surface area (Å²) in [6.07, 6.45) is 0.900. The zero-order valence-corrected chi connectivity index (χ0v) is 12.4. The number of methoxy groups -OCH3 is 1. The second-order valence-electron chi connectivity index (χ2n) is 5.46. The van der Waals surface area contributed by atoms with Gasteiger partial charge < -0.3 is 9.47 Å². The maximum absolute atomic E-state index is 11.7. The largest absolute Gasteiger partial charge is 0.469 e. The third-order valence-corrected chi connectivity index (χ3v) is 2.42. The van der Waals surface area contributed by atoms with Gasteiger partial charge in [0.15, 0.2) is 0 Å². The molecule has 0 radical (unpaired) electrons. The summed E-state index contributed by atoms with van der Waals surface area (Å²) < 4.78 is 9.82. The second-order valence-corrected chi connectivity index (χ2v) is 5.46. The van der Waals surface area contributed by atoms with Crippen LogP contribution in [-0.4, -0.2) is 29.6 Å². The average molecular weight is 279 g/mol. The van der Waals surface area contributed by atoms with Gasteiger partial charge in [0.05, 0.1) is 25.6 Å². The molecule has 0 aromatic carbocycles. The van der Waals surface area contributed by atoms with Crippen LogP contribution in [-0.2, 0) is 31.9 Å². The second kappa shape index (κ2) is 7.03. The van der Waals surface area contributed by atoms with Crippen molar-refractivity contribution in [2.75, 3.05) is 7.11 Å². The molecule has 0 aliphatic heterocycles. The number of pyridine rings is 1. The average Bonchev–Trinajstić information content (AvgIpc) is 2.34. The van der Waals surface area contributed by atoms with E-state index in [2.05, 4.69) is 9.72 Å². The molecule has 0 unspecified atom stereocenters. The van der Waals surface area contributed by atoms with Crippen molar-refractivity contribution in [3.63, 3.8) is 0 Å². The maximum atomic E-state index is 11.7. The molecule has 1 aromatic rings. The Bertz CT molecular complexity index is 477. The standard InChI is InChI=1S/C15H21NO4/c1-15(2,3)20-14(18)10-12-7-5-6-11(16-12)8-9-13(17)19-4/h5-7H,8-10H2,1-4H3. The first-order valence-electron chi connectivity index (χ1n) is 6.53. The van der Waals surface area contributed by atoms with Crippen LogP contribution >= 0.6 is 0 Å². The zero-order chi connectivity index (χ0) is 15.2. The number of carbonyl (C=O) groups excluding carboxylic acids is 2. The van der Waals surface area contributed by atoms with Gasteiger partial charge in [-0.15, -0.1) is 0 Å². The Morgan fingerprint density at radius 1 is 1.15 bits per heavy atom. The van der Waals surface area contributed by atoms with E-state index in [0.717, 1.165) is 5.69 Å². The van der Waals surface area contributed by atoms with E-state index in [-0.39, 0.29) is 24.8 Å². The normalized spacial score (nSPS) is 11.0. The molecule has 0 saturated carbocycles. The van der Waals surface area contributed by atoms with E-state index in [1.165, 1.54) is 7.11 Å². The lowest BCUT2D eigenvalue weighted by Gasteiger charge is -2.19. The summed E-state index contributed by atoms with van der Waals surface area (Å²) >= 11 is 0. The van der Waals surface area contributed by atoms with Gasteiger partial charge in [0.1, 0.15) is 5.60 Å². The zero-order valence-electron chi connectivity index (χ0n) is 12.4. The minimum Gasteiger partial charge on any atom is -0.469 e. The molecule has 0 spiro atoms. The summed E-state index contributed by atoms with van der Waals surface area (Å²) in [5.74, 6) is -0.584. The lowest BCUT2D eigenvalue weighted by Crippen LogP contribution is -2.25. The van der Waals surface area contributed by atoms with E-state index < -0.39 is 5.60 Å². The summed E-state index contributed by atoms with van der Waals surface area (Å²) in [6, 6.07) is 5.41. The van der Waals surface area contributed by atoms with E-state index in [1.54, 1.807) is 6.07 Å². The number of hydrogen-bond acceptors (Lipinski definition) is 5. The molecular formula is C15H21NO4. The molecule has 0 fully saturated rings. The van der Waals surface area contributed by atoms with E-state index in [9.17, 15) is 9.59 Å². The minimum atomic E-state index is -0.500. The third-order valence-electron chi connectivity index (χ3n) is 2.42. The molecule has 110 valence electrons. The van der Waals surface area contributed by atoms with Gasteiger partial charge in [-0.25, -0.2) is 0 Å². The summed E-state index contributed by atoms with van der Waals surface area (Å²) in [6.45, 7) is 5.47. The molecule has 1 aromatic heterocycles. The predicted octanol–water partition coefficient (Wildman–Crippen LogP) is 2.07. The number of hydrogen-bond donors (Lipinski definition) is 0. The fourth-order valence-corrected chi connectivity index (χ4v) is 1.62. The van der Waals surface area contributed by atoms with Crippen LogP contribution in [0, 0.1) is 0 Å². The van der Waals surface area contributed by atoms with Crippen molar-refractivity contribution in [1.82, 2.24) is 4.98 Å². The molecule has 1 rings (SSSR count). The molecule has 5 nitrogen and oxygen atoms in total. The number of nitrogens with zero attached hydrogens (tertiary/aromatic N) is 1. The fraction of sp³-hybridized carbons (Fsp3) is 0.533. The molecule has 0 saturated heterocycles. The molecule has 20 heavy (non-hydrogen) atoms. The Kier molecular flexibility index (Phi) is 5.67. The van der Waals surface area contributed by atoms with Crippen molar-refractivity contribution >= 4 is 11.9 Å².